The van der Waals surface area contributed by atoms with Crippen LogP contribution in [0.1, 0.15) is 40.5 Å². The summed E-state index contributed by atoms with van der Waals surface area (Å²) in [4.78, 5) is 11.4. The monoisotopic (exact) mass is 231 g/mol. The molecule has 1 unspecified atom stereocenters. The summed E-state index contributed by atoms with van der Waals surface area (Å²) in [7, 11) is 0. The van der Waals surface area contributed by atoms with Crippen LogP contribution in [-0.4, -0.2) is 36.4 Å². The highest BCUT2D eigenvalue weighted by atomic mass is 16.5. The van der Waals surface area contributed by atoms with Gasteiger partial charge in [0.2, 0.25) is 5.91 Å². The zero-order valence-corrected chi connectivity index (χ0v) is 10.9. The van der Waals surface area contributed by atoms with Crippen molar-refractivity contribution in [1.29, 1.82) is 0 Å². The van der Waals surface area contributed by atoms with Crippen molar-refractivity contribution in [2.24, 2.45) is 5.92 Å². The molecule has 0 spiro atoms. The Bertz CT molecular complexity index is 199. The van der Waals surface area contributed by atoms with Crippen LogP contribution in [0.4, 0.5) is 0 Å². The quantitative estimate of drug-likeness (QED) is 0.695. The highest BCUT2D eigenvalue weighted by Crippen LogP contribution is 2.07. The van der Waals surface area contributed by atoms with Crippen molar-refractivity contribution in [2.75, 3.05) is 19.8 Å². The summed E-state index contributed by atoms with van der Waals surface area (Å²) >= 11 is 0. The molecule has 4 nitrogen and oxygen atoms in total. The van der Waals surface area contributed by atoms with Crippen LogP contribution in [-0.2, 0) is 9.53 Å². The fraction of sp³-hybridized carbons (Fsp3) is 0.917. The largest absolute Gasteiger partial charge is 0.396 e. The predicted octanol–water partition coefficient (Wildman–Crippen LogP) is 1.33. The van der Waals surface area contributed by atoms with E-state index in [4.69, 9.17) is 9.84 Å². The molecule has 0 aliphatic rings. The second-order valence-electron chi connectivity index (χ2n) is 4.99. The molecule has 1 atom stereocenters. The first kappa shape index (κ1) is 15.4. The molecule has 0 aromatic heterocycles. The first-order chi connectivity index (χ1) is 7.39. The molecule has 96 valence electrons. The number of ether oxygens (including phenoxy) is 1. The number of hydrogen-bond acceptors (Lipinski definition) is 3. The van der Waals surface area contributed by atoms with Crippen molar-refractivity contribution < 1.29 is 14.6 Å². The van der Waals surface area contributed by atoms with Crippen molar-refractivity contribution in [3.8, 4) is 0 Å². The molecule has 0 rings (SSSR count). The molecule has 0 aromatic rings. The third kappa shape index (κ3) is 8.68. The molecule has 0 radical (unpaired) electrons. The zero-order chi connectivity index (χ0) is 12.6. The van der Waals surface area contributed by atoms with E-state index in [-0.39, 0.29) is 24.7 Å². The van der Waals surface area contributed by atoms with Gasteiger partial charge in [-0.1, -0.05) is 13.3 Å². The van der Waals surface area contributed by atoms with Crippen molar-refractivity contribution in [3.63, 3.8) is 0 Å². The average molecular weight is 231 g/mol. The fourth-order valence-corrected chi connectivity index (χ4v) is 1.22. The minimum atomic E-state index is -0.285. The predicted molar refractivity (Wildman–Crippen MR) is 64.2 cm³/mol. The Morgan fingerprint density at radius 3 is 2.50 bits per heavy atom. The molecule has 2 N–H and O–H groups in total. The molecule has 0 saturated heterocycles. The van der Waals surface area contributed by atoms with E-state index >= 15 is 0 Å². The Balaban J connectivity index is 3.71. The molecule has 0 bridgehead atoms. The molecule has 0 aliphatic heterocycles. The summed E-state index contributed by atoms with van der Waals surface area (Å²) in [6.07, 6.45) is 1.69. The lowest BCUT2D eigenvalue weighted by Crippen LogP contribution is -2.35. The van der Waals surface area contributed by atoms with Gasteiger partial charge in [-0.15, -0.1) is 0 Å². The standard InChI is InChI=1S/C12H25NO3/c1-5-10(6-7-14)8-13-11(15)9-16-12(2,3)4/h10,14H,5-9H2,1-4H3,(H,13,15). The lowest BCUT2D eigenvalue weighted by molar-refractivity contribution is -0.130. The number of aliphatic hydroxyl groups excluding tert-OH is 1. The van der Waals surface area contributed by atoms with Gasteiger partial charge in [0.05, 0.1) is 5.60 Å². The smallest absolute Gasteiger partial charge is 0.246 e. The molecule has 0 aliphatic carbocycles. The number of rotatable bonds is 7. The van der Waals surface area contributed by atoms with Gasteiger partial charge in [-0.2, -0.15) is 0 Å². The van der Waals surface area contributed by atoms with E-state index in [1.807, 2.05) is 20.8 Å². The Morgan fingerprint density at radius 2 is 2.06 bits per heavy atom. The number of aliphatic hydroxyl groups is 1. The van der Waals surface area contributed by atoms with Gasteiger partial charge in [-0.05, 0) is 33.1 Å². The lowest BCUT2D eigenvalue weighted by Gasteiger charge is -2.20. The first-order valence-corrected chi connectivity index (χ1v) is 5.90. The lowest BCUT2D eigenvalue weighted by atomic mass is 10.0. The Morgan fingerprint density at radius 1 is 1.44 bits per heavy atom. The van der Waals surface area contributed by atoms with Crippen LogP contribution in [0.5, 0.6) is 0 Å². The normalized spacial score (nSPS) is 13.6. The summed E-state index contributed by atoms with van der Waals surface area (Å²) in [5.74, 6) is 0.259. The summed E-state index contributed by atoms with van der Waals surface area (Å²) in [5.41, 5.74) is -0.285. The first-order valence-electron chi connectivity index (χ1n) is 5.90. The highest BCUT2D eigenvalue weighted by molar-refractivity contribution is 5.77. The van der Waals surface area contributed by atoms with Gasteiger partial charge in [-0.25, -0.2) is 0 Å². The van der Waals surface area contributed by atoms with Crippen molar-refractivity contribution >= 4 is 5.91 Å². The van der Waals surface area contributed by atoms with E-state index in [0.29, 0.717) is 12.5 Å². The van der Waals surface area contributed by atoms with Crippen LogP contribution in [0, 0.1) is 5.92 Å². The molecule has 0 heterocycles. The van der Waals surface area contributed by atoms with E-state index < -0.39 is 0 Å². The Kier molecular flexibility index (Phi) is 7.34. The third-order valence-corrected chi connectivity index (χ3v) is 2.34. The number of amides is 1. The molecule has 1 amide bonds. The van der Waals surface area contributed by atoms with Gasteiger partial charge in [-0.3, -0.25) is 4.79 Å². The van der Waals surface area contributed by atoms with Gasteiger partial charge >= 0.3 is 0 Å². The maximum Gasteiger partial charge on any atom is 0.246 e. The molecule has 0 aromatic carbocycles. The molecule has 0 fully saturated rings. The zero-order valence-electron chi connectivity index (χ0n) is 10.9. The number of carbonyl (C=O) groups is 1. The van der Waals surface area contributed by atoms with E-state index in [2.05, 4.69) is 12.2 Å². The van der Waals surface area contributed by atoms with Crippen molar-refractivity contribution in [1.82, 2.24) is 5.32 Å². The maximum atomic E-state index is 11.4. The van der Waals surface area contributed by atoms with Crippen LogP contribution in [0.2, 0.25) is 0 Å². The molecule has 0 saturated carbocycles. The van der Waals surface area contributed by atoms with E-state index in [0.717, 1.165) is 12.8 Å². The molecule has 16 heavy (non-hydrogen) atoms. The Hall–Kier alpha value is -0.610. The van der Waals surface area contributed by atoms with Crippen LogP contribution < -0.4 is 5.32 Å². The van der Waals surface area contributed by atoms with Gasteiger partial charge in [0.1, 0.15) is 6.61 Å². The van der Waals surface area contributed by atoms with E-state index in [1.54, 1.807) is 0 Å². The van der Waals surface area contributed by atoms with Crippen LogP contribution in [0.3, 0.4) is 0 Å². The minimum Gasteiger partial charge on any atom is -0.396 e. The van der Waals surface area contributed by atoms with Gasteiger partial charge in [0.25, 0.3) is 0 Å². The summed E-state index contributed by atoms with van der Waals surface area (Å²) in [6.45, 7) is 8.69. The number of nitrogens with one attached hydrogen (secondary N) is 1. The molecule has 4 heteroatoms. The van der Waals surface area contributed by atoms with Gasteiger partial charge in [0.15, 0.2) is 0 Å². The third-order valence-electron chi connectivity index (χ3n) is 2.34. The van der Waals surface area contributed by atoms with Crippen LogP contribution in [0.15, 0.2) is 0 Å². The summed E-state index contributed by atoms with van der Waals surface area (Å²) in [6, 6.07) is 0. The minimum absolute atomic E-state index is 0.0914. The molecular weight excluding hydrogens is 206 g/mol. The van der Waals surface area contributed by atoms with Gasteiger partial charge < -0.3 is 15.2 Å². The van der Waals surface area contributed by atoms with E-state index in [1.165, 1.54) is 0 Å². The second-order valence-corrected chi connectivity index (χ2v) is 4.99. The van der Waals surface area contributed by atoms with E-state index in [9.17, 15) is 4.79 Å². The van der Waals surface area contributed by atoms with Crippen LogP contribution in [0.25, 0.3) is 0 Å². The second kappa shape index (κ2) is 7.63. The number of hydrogen-bond donors (Lipinski definition) is 2. The fourth-order valence-electron chi connectivity index (χ4n) is 1.22. The average Bonchev–Trinajstić information content (AvgIpc) is 2.20. The SMILES string of the molecule is CCC(CCO)CNC(=O)COC(C)(C)C. The van der Waals surface area contributed by atoms with Crippen molar-refractivity contribution in [2.45, 2.75) is 46.1 Å². The van der Waals surface area contributed by atoms with Crippen molar-refractivity contribution in [3.05, 3.63) is 0 Å². The summed E-state index contributed by atoms with van der Waals surface area (Å²) in [5, 5.41) is 11.6. The Labute approximate surface area is 98.4 Å². The number of carbonyl (C=O) groups excluding carboxylic acids is 1. The summed E-state index contributed by atoms with van der Waals surface area (Å²) < 4.78 is 5.36. The highest BCUT2D eigenvalue weighted by Gasteiger charge is 2.13. The van der Waals surface area contributed by atoms with Crippen LogP contribution >= 0.6 is 0 Å². The maximum absolute atomic E-state index is 11.4. The molecular formula is C12H25NO3. The topological polar surface area (TPSA) is 58.6 Å². The van der Waals surface area contributed by atoms with Gasteiger partial charge in [0, 0.05) is 13.2 Å².